The van der Waals surface area contributed by atoms with Gasteiger partial charge in [0, 0.05) is 17.8 Å². The number of para-hydroxylation sites is 1. The molecule has 0 saturated carbocycles. The van der Waals surface area contributed by atoms with Crippen LogP contribution < -0.4 is 15.2 Å². The molecular formula is C25H22N2O3S. The summed E-state index contributed by atoms with van der Waals surface area (Å²) < 4.78 is 7.14. The molecule has 0 atom stereocenters. The maximum Gasteiger partial charge on any atom is 0.268 e. The number of rotatable bonds is 5. The van der Waals surface area contributed by atoms with Gasteiger partial charge in [-0.1, -0.05) is 24.3 Å². The van der Waals surface area contributed by atoms with Gasteiger partial charge in [-0.05, 0) is 65.6 Å². The van der Waals surface area contributed by atoms with Crippen molar-refractivity contribution in [2.45, 2.75) is 25.9 Å². The molecule has 0 saturated heterocycles. The van der Waals surface area contributed by atoms with Gasteiger partial charge in [0.05, 0.1) is 24.0 Å². The number of pyridine rings is 1. The zero-order valence-corrected chi connectivity index (χ0v) is 18.0. The molecule has 0 radical (unpaired) electrons. The fourth-order valence-electron chi connectivity index (χ4n) is 4.28. The van der Waals surface area contributed by atoms with Crippen molar-refractivity contribution in [3.05, 3.63) is 92.4 Å². The van der Waals surface area contributed by atoms with Crippen LogP contribution in [0.3, 0.4) is 0 Å². The molecule has 31 heavy (non-hydrogen) atoms. The molecule has 0 N–H and O–H groups in total. The summed E-state index contributed by atoms with van der Waals surface area (Å²) in [6, 6.07) is 19.2. The molecule has 2 aromatic heterocycles. The van der Waals surface area contributed by atoms with Crippen molar-refractivity contribution in [1.29, 1.82) is 0 Å². The number of amides is 1. The van der Waals surface area contributed by atoms with Crippen LogP contribution in [0.15, 0.2) is 70.8 Å². The normalized spacial score (nSPS) is 12.7. The highest BCUT2D eigenvalue weighted by Crippen LogP contribution is 2.27. The van der Waals surface area contributed by atoms with E-state index in [1.165, 1.54) is 16.9 Å². The Morgan fingerprint density at radius 2 is 1.97 bits per heavy atom. The number of hydrogen-bond acceptors (Lipinski definition) is 4. The van der Waals surface area contributed by atoms with Crippen LogP contribution in [0.2, 0.25) is 0 Å². The second kappa shape index (κ2) is 8.04. The summed E-state index contributed by atoms with van der Waals surface area (Å²) in [5.41, 5.74) is 3.58. The highest BCUT2D eigenvalue weighted by molar-refractivity contribution is 7.12. The largest absolute Gasteiger partial charge is 0.497 e. The maximum absolute atomic E-state index is 13.4. The molecule has 156 valence electrons. The lowest BCUT2D eigenvalue weighted by atomic mass is 10.00. The number of thiophene rings is 1. The minimum absolute atomic E-state index is 0.0165. The second-order valence-corrected chi connectivity index (χ2v) is 8.60. The van der Waals surface area contributed by atoms with Crippen molar-refractivity contribution in [1.82, 2.24) is 4.57 Å². The van der Waals surface area contributed by atoms with Crippen molar-refractivity contribution < 1.29 is 9.53 Å². The Morgan fingerprint density at radius 3 is 2.71 bits per heavy atom. The molecule has 3 heterocycles. The third-order valence-electron chi connectivity index (χ3n) is 5.79. The first-order chi connectivity index (χ1) is 15.2. The number of hydrogen-bond donors (Lipinski definition) is 0. The number of ether oxygens (including phenoxy) is 1. The molecular weight excluding hydrogens is 408 g/mol. The highest BCUT2D eigenvalue weighted by Gasteiger charge is 2.23. The topological polar surface area (TPSA) is 51.5 Å². The number of benzene rings is 2. The van der Waals surface area contributed by atoms with Gasteiger partial charge in [-0.15, -0.1) is 11.3 Å². The Bertz CT molecular complexity index is 1310. The van der Waals surface area contributed by atoms with Gasteiger partial charge in [0.1, 0.15) is 5.75 Å². The van der Waals surface area contributed by atoms with E-state index in [4.69, 9.17) is 4.74 Å². The van der Waals surface area contributed by atoms with Gasteiger partial charge in [-0.25, -0.2) is 0 Å². The van der Waals surface area contributed by atoms with E-state index in [9.17, 15) is 9.59 Å². The van der Waals surface area contributed by atoms with Gasteiger partial charge in [-0.2, -0.15) is 0 Å². The number of carbonyl (C=O) groups is 1. The van der Waals surface area contributed by atoms with Crippen LogP contribution in [0.5, 0.6) is 5.75 Å². The smallest absolute Gasteiger partial charge is 0.268 e. The van der Waals surface area contributed by atoms with E-state index in [1.54, 1.807) is 12.0 Å². The van der Waals surface area contributed by atoms with E-state index < -0.39 is 0 Å². The number of aromatic nitrogens is 1. The predicted octanol–water partition coefficient (Wildman–Crippen LogP) is 4.86. The van der Waals surface area contributed by atoms with Crippen molar-refractivity contribution in [3.8, 4) is 5.75 Å². The summed E-state index contributed by atoms with van der Waals surface area (Å²) in [5.74, 6) is 0.599. The fraction of sp³-hybridized carbons (Fsp3) is 0.200. The molecule has 1 aliphatic heterocycles. The molecule has 0 unspecified atom stereocenters. The lowest BCUT2D eigenvalue weighted by Crippen LogP contribution is -2.35. The van der Waals surface area contributed by atoms with E-state index in [-0.39, 0.29) is 18.0 Å². The average Bonchev–Trinajstić information content (AvgIpc) is 3.35. The Morgan fingerprint density at radius 1 is 1.13 bits per heavy atom. The number of methoxy groups -OCH3 is 1. The van der Waals surface area contributed by atoms with Crippen LogP contribution in [0, 0.1) is 0 Å². The summed E-state index contributed by atoms with van der Waals surface area (Å²) in [4.78, 5) is 29.1. The molecule has 0 bridgehead atoms. The maximum atomic E-state index is 13.4. The number of anilines is 1. The van der Waals surface area contributed by atoms with Crippen molar-refractivity contribution in [2.24, 2.45) is 0 Å². The molecule has 0 aliphatic carbocycles. The van der Waals surface area contributed by atoms with E-state index in [1.807, 2.05) is 64.5 Å². The number of carbonyl (C=O) groups excluding carboxylic acids is 1. The SMILES string of the molecule is COc1ccc(N(Cc2cc3cccc4c3n(c2=O)CCC4)C(=O)c2cccs2)cc1. The van der Waals surface area contributed by atoms with Crippen LogP contribution in [0.25, 0.3) is 10.9 Å². The molecule has 5 nitrogen and oxygen atoms in total. The van der Waals surface area contributed by atoms with Crippen molar-refractivity contribution in [2.75, 3.05) is 12.0 Å². The number of aryl methyl sites for hydroxylation is 2. The van der Waals surface area contributed by atoms with Gasteiger partial charge in [-0.3, -0.25) is 9.59 Å². The quantitative estimate of drug-likeness (QED) is 0.454. The van der Waals surface area contributed by atoms with E-state index in [0.29, 0.717) is 17.0 Å². The molecule has 6 heteroatoms. The standard InChI is InChI=1S/C25H22N2O3S/c1-30-21-11-9-20(10-12-21)27(25(29)22-8-4-14-31-22)16-19-15-18-6-2-5-17-7-3-13-26(23(17)18)24(19)28/h2,4-6,8-12,14-15H,3,7,13,16H2,1H3. The Balaban J connectivity index is 1.61. The third kappa shape index (κ3) is 3.53. The Kier molecular flexibility index (Phi) is 5.08. The lowest BCUT2D eigenvalue weighted by Gasteiger charge is -2.25. The van der Waals surface area contributed by atoms with Crippen molar-refractivity contribution >= 4 is 33.8 Å². The van der Waals surface area contributed by atoms with Crippen LogP contribution >= 0.6 is 11.3 Å². The molecule has 5 rings (SSSR count). The van der Waals surface area contributed by atoms with Crippen LogP contribution in [0.4, 0.5) is 5.69 Å². The van der Waals surface area contributed by atoms with E-state index >= 15 is 0 Å². The van der Waals surface area contributed by atoms with Gasteiger partial charge >= 0.3 is 0 Å². The second-order valence-electron chi connectivity index (χ2n) is 7.65. The Hall–Kier alpha value is -3.38. The van der Waals surface area contributed by atoms with E-state index in [0.717, 1.165) is 35.2 Å². The number of nitrogens with zero attached hydrogens (tertiary/aromatic N) is 2. The zero-order valence-electron chi connectivity index (χ0n) is 17.2. The van der Waals surface area contributed by atoms with Crippen LogP contribution in [-0.2, 0) is 19.5 Å². The van der Waals surface area contributed by atoms with Crippen LogP contribution in [0.1, 0.15) is 27.2 Å². The summed E-state index contributed by atoms with van der Waals surface area (Å²) in [6.07, 6.45) is 1.94. The fourth-order valence-corrected chi connectivity index (χ4v) is 4.96. The first-order valence-corrected chi connectivity index (χ1v) is 11.2. The summed E-state index contributed by atoms with van der Waals surface area (Å²) in [6.45, 7) is 0.920. The molecule has 0 fully saturated rings. The zero-order chi connectivity index (χ0) is 21.4. The van der Waals surface area contributed by atoms with Crippen molar-refractivity contribution in [3.63, 3.8) is 0 Å². The third-order valence-corrected chi connectivity index (χ3v) is 6.65. The van der Waals surface area contributed by atoms with Gasteiger partial charge in [0.25, 0.3) is 11.5 Å². The Labute approximate surface area is 184 Å². The predicted molar refractivity (Wildman–Crippen MR) is 124 cm³/mol. The molecule has 2 aromatic carbocycles. The first kappa shape index (κ1) is 19.6. The lowest BCUT2D eigenvalue weighted by molar-refractivity contribution is 0.0989. The molecule has 1 amide bonds. The highest BCUT2D eigenvalue weighted by atomic mass is 32.1. The molecule has 1 aliphatic rings. The summed E-state index contributed by atoms with van der Waals surface area (Å²) in [5, 5.41) is 2.93. The van der Waals surface area contributed by atoms with Crippen LogP contribution in [-0.4, -0.2) is 17.6 Å². The summed E-state index contributed by atoms with van der Waals surface area (Å²) in [7, 11) is 1.61. The van der Waals surface area contributed by atoms with Gasteiger partial charge < -0.3 is 14.2 Å². The monoisotopic (exact) mass is 430 g/mol. The van der Waals surface area contributed by atoms with Gasteiger partial charge in [0.2, 0.25) is 0 Å². The van der Waals surface area contributed by atoms with Gasteiger partial charge in [0.15, 0.2) is 0 Å². The molecule has 4 aromatic rings. The first-order valence-electron chi connectivity index (χ1n) is 10.3. The average molecular weight is 431 g/mol. The molecule has 0 spiro atoms. The minimum atomic E-state index is -0.118. The summed E-state index contributed by atoms with van der Waals surface area (Å²) >= 11 is 1.40. The van der Waals surface area contributed by atoms with E-state index in [2.05, 4.69) is 6.07 Å². The minimum Gasteiger partial charge on any atom is -0.497 e.